The van der Waals surface area contributed by atoms with Crippen molar-refractivity contribution < 1.29 is 33.0 Å². The molecule has 1 fully saturated rings. The van der Waals surface area contributed by atoms with Crippen molar-refractivity contribution in [1.82, 2.24) is 9.80 Å². The number of nitrogens with zero attached hydrogens (tertiary/aromatic N) is 2. The lowest BCUT2D eigenvalue weighted by molar-refractivity contribution is -0.145. The second kappa shape index (κ2) is 7.91. The zero-order valence-electron chi connectivity index (χ0n) is 13.5. The van der Waals surface area contributed by atoms with Crippen molar-refractivity contribution in [2.45, 2.75) is 25.5 Å². The van der Waals surface area contributed by atoms with Gasteiger partial charge in [0.1, 0.15) is 18.3 Å². The fraction of sp³-hybridized carbons (Fsp3) is 0.438. The van der Waals surface area contributed by atoms with Crippen LogP contribution in [0.4, 0.5) is 8.78 Å². The minimum atomic E-state index is -3.08. The molecular formula is C16H18F2N2O5. The molecule has 0 aliphatic carbocycles. The number of benzene rings is 1. The van der Waals surface area contributed by atoms with Gasteiger partial charge in [0.15, 0.2) is 0 Å². The highest BCUT2D eigenvalue weighted by Gasteiger charge is 2.37. The van der Waals surface area contributed by atoms with E-state index in [1.165, 1.54) is 36.2 Å². The van der Waals surface area contributed by atoms with Crippen LogP contribution in [-0.4, -0.2) is 65.5 Å². The highest BCUT2D eigenvalue weighted by Crippen LogP contribution is 2.27. The Morgan fingerprint density at radius 3 is 2.68 bits per heavy atom. The molecule has 0 bridgehead atoms. The SMILES string of the molecule is CN(CC(=O)O)C(=O)C1CCCN1C(=O)c1ccccc1OC(F)F. The van der Waals surface area contributed by atoms with E-state index >= 15 is 0 Å². The van der Waals surface area contributed by atoms with E-state index in [2.05, 4.69) is 4.74 Å². The average Bonchev–Trinajstić information content (AvgIpc) is 3.02. The molecule has 1 saturated heterocycles. The molecule has 1 aliphatic heterocycles. The molecule has 0 saturated carbocycles. The average molecular weight is 356 g/mol. The van der Waals surface area contributed by atoms with Gasteiger partial charge in [0, 0.05) is 13.6 Å². The lowest BCUT2D eigenvalue weighted by atomic mass is 10.1. The van der Waals surface area contributed by atoms with Crippen LogP contribution in [0.1, 0.15) is 23.2 Å². The van der Waals surface area contributed by atoms with E-state index in [0.717, 1.165) is 4.90 Å². The number of carboxylic acid groups (broad SMARTS) is 1. The number of alkyl halides is 2. The standard InChI is InChI=1S/C16H18F2N2O5/c1-19(9-13(21)22)15(24)11-6-4-8-20(11)14(23)10-5-2-3-7-12(10)25-16(17)18/h2-3,5,7,11,16H,4,6,8-9H2,1H3,(H,21,22). The second-order valence-electron chi connectivity index (χ2n) is 5.62. The molecule has 1 N–H and O–H groups in total. The van der Waals surface area contributed by atoms with Gasteiger partial charge in [-0.05, 0) is 25.0 Å². The van der Waals surface area contributed by atoms with Crippen LogP contribution in [-0.2, 0) is 9.59 Å². The van der Waals surface area contributed by atoms with Crippen LogP contribution in [0.15, 0.2) is 24.3 Å². The number of hydrogen-bond acceptors (Lipinski definition) is 4. The van der Waals surface area contributed by atoms with E-state index in [9.17, 15) is 23.2 Å². The number of carboxylic acids is 1. The van der Waals surface area contributed by atoms with Crippen LogP contribution in [0.25, 0.3) is 0 Å². The zero-order valence-corrected chi connectivity index (χ0v) is 13.5. The van der Waals surface area contributed by atoms with Crippen LogP contribution in [0, 0.1) is 0 Å². The van der Waals surface area contributed by atoms with E-state index < -0.39 is 37.0 Å². The van der Waals surface area contributed by atoms with Gasteiger partial charge in [-0.25, -0.2) is 0 Å². The van der Waals surface area contributed by atoms with Gasteiger partial charge in [-0.15, -0.1) is 0 Å². The van der Waals surface area contributed by atoms with Crippen molar-refractivity contribution in [2.75, 3.05) is 20.1 Å². The summed E-state index contributed by atoms with van der Waals surface area (Å²) in [5, 5.41) is 8.79. The predicted octanol–water partition coefficient (Wildman–Crippen LogP) is 1.44. The number of ether oxygens (including phenoxy) is 1. The molecule has 2 rings (SSSR count). The third kappa shape index (κ3) is 4.43. The lowest BCUT2D eigenvalue weighted by Crippen LogP contribution is -2.47. The van der Waals surface area contributed by atoms with Gasteiger partial charge in [-0.3, -0.25) is 14.4 Å². The molecule has 1 aliphatic rings. The van der Waals surface area contributed by atoms with E-state index in [1.54, 1.807) is 0 Å². The van der Waals surface area contributed by atoms with Crippen molar-refractivity contribution in [3.8, 4) is 5.75 Å². The Labute approximate surface area is 142 Å². The number of hydrogen-bond donors (Lipinski definition) is 1. The van der Waals surface area contributed by atoms with Crippen LogP contribution < -0.4 is 4.74 Å². The van der Waals surface area contributed by atoms with Gasteiger partial charge in [0.2, 0.25) is 5.91 Å². The van der Waals surface area contributed by atoms with E-state index in [1.807, 2.05) is 0 Å². The quantitative estimate of drug-likeness (QED) is 0.833. The molecule has 1 aromatic carbocycles. The molecule has 0 aromatic heterocycles. The number of likely N-dealkylation sites (N-methyl/N-ethyl adjacent to an activating group) is 1. The maximum Gasteiger partial charge on any atom is 0.387 e. The number of carbonyl (C=O) groups is 3. The second-order valence-corrected chi connectivity index (χ2v) is 5.62. The summed E-state index contributed by atoms with van der Waals surface area (Å²) < 4.78 is 29.4. The van der Waals surface area contributed by atoms with Crippen molar-refractivity contribution in [3.05, 3.63) is 29.8 Å². The zero-order chi connectivity index (χ0) is 18.6. The van der Waals surface area contributed by atoms with Crippen LogP contribution in [0.3, 0.4) is 0 Å². The van der Waals surface area contributed by atoms with Crippen molar-refractivity contribution >= 4 is 17.8 Å². The molecular weight excluding hydrogens is 338 g/mol. The monoisotopic (exact) mass is 356 g/mol. The van der Waals surface area contributed by atoms with Crippen molar-refractivity contribution in [3.63, 3.8) is 0 Å². The van der Waals surface area contributed by atoms with Crippen LogP contribution in [0.5, 0.6) is 5.75 Å². The first-order chi connectivity index (χ1) is 11.8. The van der Waals surface area contributed by atoms with Gasteiger partial charge in [-0.2, -0.15) is 8.78 Å². The Balaban J connectivity index is 2.21. The minimum Gasteiger partial charge on any atom is -0.480 e. The lowest BCUT2D eigenvalue weighted by Gasteiger charge is -2.27. The topological polar surface area (TPSA) is 87.2 Å². The molecule has 1 aromatic rings. The Bertz CT molecular complexity index is 668. The molecule has 136 valence electrons. The summed E-state index contributed by atoms with van der Waals surface area (Å²) in [6.45, 7) is -3.28. The molecule has 25 heavy (non-hydrogen) atoms. The number of rotatable bonds is 6. The first kappa shape index (κ1) is 18.6. The summed E-state index contributed by atoms with van der Waals surface area (Å²) in [6, 6.07) is 4.75. The van der Waals surface area contributed by atoms with Gasteiger partial charge in [0.05, 0.1) is 5.56 Å². The van der Waals surface area contributed by atoms with Gasteiger partial charge >= 0.3 is 12.6 Å². The fourth-order valence-electron chi connectivity index (χ4n) is 2.80. The normalized spacial score (nSPS) is 16.8. The highest BCUT2D eigenvalue weighted by molar-refractivity contribution is 6.00. The summed E-state index contributed by atoms with van der Waals surface area (Å²) >= 11 is 0. The van der Waals surface area contributed by atoms with E-state index in [0.29, 0.717) is 12.8 Å². The molecule has 1 atom stereocenters. The number of halogens is 2. The molecule has 1 heterocycles. The fourth-order valence-corrected chi connectivity index (χ4v) is 2.80. The molecule has 1 unspecified atom stereocenters. The van der Waals surface area contributed by atoms with E-state index in [4.69, 9.17) is 5.11 Å². The Morgan fingerprint density at radius 1 is 1.36 bits per heavy atom. The van der Waals surface area contributed by atoms with Crippen LogP contribution >= 0.6 is 0 Å². The maximum atomic E-state index is 12.7. The minimum absolute atomic E-state index is 0.0663. The Hall–Kier alpha value is -2.71. The smallest absolute Gasteiger partial charge is 0.387 e. The van der Waals surface area contributed by atoms with Crippen molar-refractivity contribution in [1.29, 1.82) is 0 Å². The first-order valence-electron chi connectivity index (χ1n) is 7.63. The summed E-state index contributed by atoms with van der Waals surface area (Å²) in [4.78, 5) is 38.2. The maximum absolute atomic E-state index is 12.7. The Kier molecular flexibility index (Phi) is 5.89. The van der Waals surface area contributed by atoms with Gasteiger partial charge in [0.25, 0.3) is 5.91 Å². The summed E-state index contributed by atoms with van der Waals surface area (Å²) in [5.41, 5.74) is -0.0663. The molecule has 0 radical (unpaired) electrons. The molecule has 9 heteroatoms. The number of likely N-dealkylation sites (tertiary alicyclic amines) is 1. The first-order valence-corrected chi connectivity index (χ1v) is 7.63. The number of carbonyl (C=O) groups excluding carboxylic acids is 2. The number of para-hydroxylation sites is 1. The third-order valence-electron chi connectivity index (χ3n) is 3.88. The summed E-state index contributed by atoms with van der Waals surface area (Å²) in [7, 11) is 1.34. The van der Waals surface area contributed by atoms with Crippen molar-refractivity contribution in [2.24, 2.45) is 0 Å². The number of amides is 2. The van der Waals surface area contributed by atoms with Gasteiger partial charge < -0.3 is 19.6 Å². The molecule has 7 nitrogen and oxygen atoms in total. The third-order valence-corrected chi connectivity index (χ3v) is 3.88. The predicted molar refractivity (Wildman–Crippen MR) is 82.4 cm³/mol. The Morgan fingerprint density at radius 2 is 2.04 bits per heavy atom. The summed E-state index contributed by atoms with van der Waals surface area (Å²) in [6.07, 6.45) is 0.938. The van der Waals surface area contributed by atoms with Crippen LogP contribution in [0.2, 0.25) is 0 Å². The van der Waals surface area contributed by atoms with Gasteiger partial charge in [-0.1, -0.05) is 12.1 Å². The summed E-state index contributed by atoms with van der Waals surface area (Å²) in [5.74, 6) is -2.53. The number of aliphatic carboxylic acids is 1. The van der Waals surface area contributed by atoms with E-state index in [-0.39, 0.29) is 17.9 Å². The largest absolute Gasteiger partial charge is 0.480 e. The molecule has 0 spiro atoms. The highest BCUT2D eigenvalue weighted by atomic mass is 19.3. The molecule has 2 amide bonds.